The molecule has 0 atom stereocenters. The van der Waals surface area contributed by atoms with Gasteiger partial charge in [-0.25, -0.2) is 9.48 Å². The average molecular weight is 371 g/mol. The van der Waals surface area contributed by atoms with Gasteiger partial charge in [0, 0.05) is 7.05 Å². The maximum atomic E-state index is 12.2. The van der Waals surface area contributed by atoms with E-state index in [-0.39, 0.29) is 12.3 Å². The molecule has 0 aliphatic carbocycles. The number of amides is 1. The summed E-state index contributed by atoms with van der Waals surface area (Å²) in [5.74, 6) is -0.563. The number of methoxy groups -OCH3 is 1. The molecule has 0 aliphatic rings. The van der Waals surface area contributed by atoms with Gasteiger partial charge in [-0.3, -0.25) is 9.48 Å². The summed E-state index contributed by atoms with van der Waals surface area (Å²) in [6.07, 6.45) is 1.47. The average Bonchev–Trinajstić information content (AvgIpc) is 3.31. The number of tetrazole rings is 1. The van der Waals surface area contributed by atoms with E-state index in [0.717, 1.165) is 5.69 Å². The van der Waals surface area contributed by atoms with Crippen LogP contribution in [0.2, 0.25) is 0 Å². The van der Waals surface area contributed by atoms with Crippen LogP contribution in [-0.4, -0.2) is 55.6 Å². The lowest BCUT2D eigenvalue weighted by Gasteiger charge is -2.09. The maximum absolute atomic E-state index is 12.2. The fourth-order valence-corrected chi connectivity index (χ4v) is 2.30. The number of rotatable bonds is 6. The van der Waals surface area contributed by atoms with Gasteiger partial charge in [-0.05, 0) is 41.6 Å². The number of anilines is 1. The Hall–Kier alpha value is -3.76. The molecule has 1 N–H and O–H groups in total. The number of hydrogen-bond acceptors (Lipinski definition) is 8. The molecule has 0 saturated carbocycles. The molecule has 11 heteroatoms. The molecule has 3 aromatic rings. The van der Waals surface area contributed by atoms with Crippen LogP contribution in [0.1, 0.15) is 16.2 Å². The van der Waals surface area contributed by atoms with Crippen molar-refractivity contribution in [1.82, 2.24) is 30.0 Å². The second kappa shape index (κ2) is 7.64. The van der Waals surface area contributed by atoms with Crippen LogP contribution >= 0.6 is 0 Å². The van der Waals surface area contributed by atoms with Crippen LogP contribution in [0.25, 0.3) is 5.69 Å². The lowest BCUT2D eigenvalue weighted by Crippen LogP contribution is -2.22. The van der Waals surface area contributed by atoms with Crippen molar-refractivity contribution in [2.75, 3.05) is 19.0 Å². The van der Waals surface area contributed by atoms with E-state index < -0.39 is 11.9 Å². The first kappa shape index (κ1) is 18.0. The van der Waals surface area contributed by atoms with E-state index in [1.54, 1.807) is 38.2 Å². The maximum Gasteiger partial charge on any atom is 0.360 e. The molecule has 140 valence electrons. The summed E-state index contributed by atoms with van der Waals surface area (Å²) in [5.41, 5.74) is 1.71. The van der Waals surface area contributed by atoms with E-state index in [0.29, 0.717) is 17.1 Å². The first-order chi connectivity index (χ1) is 13.0. The van der Waals surface area contributed by atoms with Crippen LogP contribution in [-0.2, 0) is 16.6 Å². The van der Waals surface area contributed by atoms with Crippen LogP contribution in [0.5, 0.6) is 5.75 Å². The Balaban J connectivity index is 1.63. The number of aryl methyl sites for hydroxylation is 1. The van der Waals surface area contributed by atoms with Crippen LogP contribution < -0.4 is 10.1 Å². The van der Waals surface area contributed by atoms with Crippen LogP contribution in [0.4, 0.5) is 5.69 Å². The highest BCUT2D eigenvalue weighted by Gasteiger charge is 2.22. The van der Waals surface area contributed by atoms with Gasteiger partial charge < -0.3 is 14.8 Å². The Morgan fingerprint density at radius 1 is 1.22 bits per heavy atom. The molecule has 27 heavy (non-hydrogen) atoms. The summed E-state index contributed by atoms with van der Waals surface area (Å²) >= 11 is 0. The van der Waals surface area contributed by atoms with E-state index in [2.05, 4.69) is 30.7 Å². The van der Waals surface area contributed by atoms with Gasteiger partial charge >= 0.3 is 5.97 Å². The van der Waals surface area contributed by atoms with Crippen molar-refractivity contribution >= 4 is 17.6 Å². The normalized spacial score (nSPS) is 10.5. The zero-order valence-corrected chi connectivity index (χ0v) is 14.9. The number of ether oxygens (including phenoxy) is 2. The van der Waals surface area contributed by atoms with Crippen molar-refractivity contribution in [1.29, 1.82) is 0 Å². The third-order valence-corrected chi connectivity index (χ3v) is 3.80. The zero-order valence-electron chi connectivity index (χ0n) is 14.9. The molecule has 1 amide bonds. The number of carbonyl (C=O) groups excluding carboxylic acids is 2. The molecule has 2 aromatic heterocycles. The molecule has 2 heterocycles. The topological polar surface area (TPSA) is 126 Å². The predicted molar refractivity (Wildman–Crippen MR) is 92.6 cm³/mol. The Kier molecular flexibility index (Phi) is 5.11. The monoisotopic (exact) mass is 371 g/mol. The lowest BCUT2D eigenvalue weighted by atomic mass is 10.3. The van der Waals surface area contributed by atoms with Gasteiger partial charge in [0.2, 0.25) is 0 Å². The number of benzene rings is 1. The zero-order chi connectivity index (χ0) is 19.4. The molecule has 1 aromatic carbocycles. The molecular weight excluding hydrogens is 354 g/mol. The van der Waals surface area contributed by atoms with Gasteiger partial charge in [-0.15, -0.1) is 5.10 Å². The molecule has 0 radical (unpaired) electrons. The summed E-state index contributed by atoms with van der Waals surface area (Å²) in [5, 5.41) is 17.6. The summed E-state index contributed by atoms with van der Waals surface area (Å²) in [7, 11) is 2.92. The number of aromatic nitrogens is 6. The van der Waals surface area contributed by atoms with Crippen molar-refractivity contribution in [2.24, 2.45) is 7.05 Å². The summed E-state index contributed by atoms with van der Waals surface area (Å²) in [6.45, 7) is 1.49. The van der Waals surface area contributed by atoms with E-state index in [1.807, 2.05) is 0 Å². The van der Waals surface area contributed by atoms with E-state index in [1.165, 1.54) is 22.8 Å². The first-order valence-corrected chi connectivity index (χ1v) is 7.87. The smallest absolute Gasteiger partial charge is 0.360 e. The molecule has 3 rings (SSSR count). The highest BCUT2D eigenvalue weighted by atomic mass is 16.5. The highest BCUT2D eigenvalue weighted by molar-refractivity contribution is 6.01. The predicted octanol–water partition coefficient (Wildman–Crippen LogP) is 0.508. The van der Waals surface area contributed by atoms with Gasteiger partial charge in [-0.2, -0.15) is 5.10 Å². The number of hydrogen-bond donors (Lipinski definition) is 1. The van der Waals surface area contributed by atoms with Gasteiger partial charge in [0.15, 0.2) is 12.3 Å². The fourth-order valence-electron chi connectivity index (χ4n) is 2.30. The molecule has 0 fully saturated rings. The van der Waals surface area contributed by atoms with Crippen molar-refractivity contribution in [3.8, 4) is 11.4 Å². The quantitative estimate of drug-likeness (QED) is 0.621. The van der Waals surface area contributed by atoms with E-state index in [4.69, 9.17) is 4.74 Å². The molecule has 11 nitrogen and oxygen atoms in total. The summed E-state index contributed by atoms with van der Waals surface area (Å²) < 4.78 is 13.1. The second-order valence-corrected chi connectivity index (χ2v) is 5.51. The summed E-state index contributed by atoms with van der Waals surface area (Å²) in [6, 6.07) is 6.90. The van der Waals surface area contributed by atoms with Crippen molar-refractivity contribution in [3.63, 3.8) is 0 Å². The molecule has 0 unspecified atom stereocenters. The molecular formula is C16H17N7O4. The SMILES string of the molecule is COC(=O)c1nn(C)c(C)c1NC(=O)COc1ccc(-n2cnnn2)cc1. The van der Waals surface area contributed by atoms with Crippen molar-refractivity contribution in [2.45, 2.75) is 6.92 Å². The minimum absolute atomic E-state index is 0.0386. The third kappa shape index (κ3) is 3.92. The van der Waals surface area contributed by atoms with E-state index >= 15 is 0 Å². The second-order valence-electron chi connectivity index (χ2n) is 5.51. The Morgan fingerprint density at radius 3 is 2.59 bits per heavy atom. The Morgan fingerprint density at radius 2 is 1.96 bits per heavy atom. The van der Waals surface area contributed by atoms with Gasteiger partial charge in [0.25, 0.3) is 5.91 Å². The largest absolute Gasteiger partial charge is 0.484 e. The minimum Gasteiger partial charge on any atom is -0.484 e. The molecule has 0 bridgehead atoms. The molecule has 0 saturated heterocycles. The number of nitrogens with zero attached hydrogens (tertiary/aromatic N) is 6. The van der Waals surface area contributed by atoms with Gasteiger partial charge in [-0.1, -0.05) is 0 Å². The lowest BCUT2D eigenvalue weighted by molar-refractivity contribution is -0.118. The van der Waals surface area contributed by atoms with Crippen LogP contribution in [0.15, 0.2) is 30.6 Å². The summed E-state index contributed by atoms with van der Waals surface area (Å²) in [4.78, 5) is 24.0. The minimum atomic E-state index is -0.631. The Bertz CT molecular complexity index is 948. The van der Waals surface area contributed by atoms with Crippen molar-refractivity contribution in [3.05, 3.63) is 42.0 Å². The van der Waals surface area contributed by atoms with Crippen LogP contribution in [0, 0.1) is 6.92 Å². The standard InChI is InChI=1S/C16H17N7O4/c1-10-14(15(16(25)26-3)19-22(10)2)18-13(24)8-27-12-6-4-11(5-7-12)23-9-17-20-21-23/h4-7,9H,8H2,1-3H3,(H,18,24). The van der Waals surface area contributed by atoms with E-state index in [9.17, 15) is 9.59 Å². The fraction of sp³-hybridized carbons (Fsp3) is 0.250. The van der Waals surface area contributed by atoms with Gasteiger partial charge in [0.05, 0.1) is 24.2 Å². The number of carbonyl (C=O) groups is 2. The Labute approximate surface area is 153 Å². The van der Waals surface area contributed by atoms with Crippen molar-refractivity contribution < 1.29 is 19.1 Å². The third-order valence-electron chi connectivity index (χ3n) is 3.80. The molecule has 0 spiro atoms. The van der Waals surface area contributed by atoms with Crippen LogP contribution in [0.3, 0.4) is 0 Å². The highest BCUT2D eigenvalue weighted by Crippen LogP contribution is 2.20. The molecule has 0 aliphatic heterocycles. The number of nitrogens with one attached hydrogen (secondary N) is 1. The first-order valence-electron chi connectivity index (χ1n) is 7.87. The van der Waals surface area contributed by atoms with Gasteiger partial charge in [0.1, 0.15) is 12.1 Å². The number of esters is 1.